The first-order chi connectivity index (χ1) is 27.0. The molecule has 5 aromatic rings. The minimum atomic E-state index is -3.91. The Morgan fingerprint density at radius 1 is 0.732 bits per heavy atom. The van der Waals surface area contributed by atoms with Gasteiger partial charge in [-0.3, -0.25) is 14.2 Å². The summed E-state index contributed by atoms with van der Waals surface area (Å²) in [6.45, 7) is 7.56. The van der Waals surface area contributed by atoms with Gasteiger partial charge in [0.25, 0.3) is 0 Å². The van der Waals surface area contributed by atoms with Gasteiger partial charge in [-0.2, -0.15) is 0 Å². The smallest absolute Gasteiger partial charge is 0.324 e. The molecule has 0 aliphatic heterocycles. The number of thiazole rings is 1. The monoisotopic (exact) mass is 798 g/mol. The van der Waals surface area contributed by atoms with Gasteiger partial charge in [-0.15, -0.1) is 0 Å². The summed E-state index contributed by atoms with van der Waals surface area (Å²) in [6.07, 6.45) is -0.446. The molecule has 56 heavy (non-hydrogen) atoms. The van der Waals surface area contributed by atoms with Crippen LogP contribution < -0.4 is 20.6 Å². The fourth-order valence-corrected chi connectivity index (χ4v) is 8.79. The van der Waals surface area contributed by atoms with Crippen LogP contribution in [-0.4, -0.2) is 54.2 Å². The Hall–Kier alpha value is -4.84. The third-order valence-electron chi connectivity index (χ3n) is 8.38. The zero-order valence-corrected chi connectivity index (χ0v) is 34.0. The molecule has 0 unspecified atom stereocenters. The predicted octanol–water partition coefficient (Wildman–Crippen LogP) is 7.99. The third-order valence-corrected chi connectivity index (χ3v) is 11.4. The molecule has 0 saturated carbocycles. The molecule has 1 heterocycles. The molecule has 13 heteroatoms. The number of nitrogens with two attached hydrogens (primary N) is 1. The Morgan fingerprint density at radius 3 is 1.77 bits per heavy atom. The van der Waals surface area contributed by atoms with Gasteiger partial charge in [-0.05, 0) is 74.9 Å². The molecule has 4 N–H and O–H groups in total. The van der Waals surface area contributed by atoms with E-state index in [1.807, 2.05) is 115 Å². The topological polar surface area (TPSA) is 151 Å². The Balaban J connectivity index is 1.36. The molecule has 4 aromatic carbocycles. The number of hydrogen-bond donors (Lipinski definition) is 3. The highest BCUT2D eigenvalue weighted by Gasteiger charge is 2.36. The summed E-state index contributed by atoms with van der Waals surface area (Å²) in [5.74, 6) is -0.443. The number of nitrogens with zero attached hydrogens (tertiary/aromatic N) is 1. The van der Waals surface area contributed by atoms with Crippen LogP contribution in [0.15, 0.2) is 115 Å². The quantitative estimate of drug-likeness (QED) is 0.0377. The van der Waals surface area contributed by atoms with Gasteiger partial charge in [0.2, 0.25) is 7.44 Å². The molecule has 1 aromatic heterocycles. The largest absolute Gasteiger partial charge is 0.489 e. The first kappa shape index (κ1) is 42.3. The molecule has 0 saturated heterocycles. The number of nitrogens with one attached hydrogen (secondary N) is 2. The number of ether oxygens (including phenoxy) is 4. The normalized spacial score (nSPS) is 12.7. The number of anilines is 1. The van der Waals surface area contributed by atoms with E-state index in [1.165, 1.54) is 11.3 Å². The standard InChI is InChI=1S/C43H51N4O7PS/c1-30(2)53-41(48)38(25-32-15-8-5-9-16-32)46-55(50,47-39(42(49)54-31(3)4)26-33-17-10-6-11-18-33)29-51-24-23-37-40(56-43(44)45-37)35-21-14-22-36(27-35)52-28-34-19-12-7-13-20-34/h5-22,27,30-31,38-39H,23-26,28-29H2,1-4H3,(H2,44,45)(H2,46,47,50)/t38-,39-/m0/s1. The molecule has 11 nitrogen and oxygen atoms in total. The number of carbonyl (C=O) groups excluding carboxylic acids is 2. The second-order valence-electron chi connectivity index (χ2n) is 13.9. The zero-order valence-electron chi connectivity index (χ0n) is 32.3. The Bertz CT molecular complexity index is 1960. The van der Waals surface area contributed by atoms with Crippen molar-refractivity contribution in [2.45, 2.75) is 77.9 Å². The van der Waals surface area contributed by atoms with Crippen molar-refractivity contribution in [1.82, 2.24) is 15.2 Å². The van der Waals surface area contributed by atoms with Gasteiger partial charge in [0.1, 0.15) is 30.8 Å². The molecule has 0 amide bonds. The van der Waals surface area contributed by atoms with E-state index in [0.29, 0.717) is 29.6 Å². The lowest BCUT2D eigenvalue weighted by molar-refractivity contribution is -0.150. The van der Waals surface area contributed by atoms with Gasteiger partial charge in [-0.1, -0.05) is 114 Å². The highest BCUT2D eigenvalue weighted by Crippen LogP contribution is 2.39. The van der Waals surface area contributed by atoms with Crippen LogP contribution in [-0.2, 0) is 54.2 Å². The number of benzene rings is 4. The minimum Gasteiger partial charge on any atom is -0.489 e. The minimum absolute atomic E-state index is 0.118. The Labute approximate surface area is 333 Å². The number of rotatable bonds is 21. The molecular formula is C43H51N4O7PS. The SMILES string of the molecule is CC(C)OC(=O)[C@H](Cc1ccccc1)NP(=O)(COCCc1nc(N)sc1-c1cccc(OCc2ccccc2)c1)N[C@@H](Cc1ccccc1)C(=O)OC(C)C. The van der Waals surface area contributed by atoms with E-state index in [-0.39, 0.29) is 25.8 Å². The van der Waals surface area contributed by atoms with Gasteiger partial charge in [0.15, 0.2) is 5.13 Å². The van der Waals surface area contributed by atoms with Gasteiger partial charge in [0, 0.05) is 6.42 Å². The van der Waals surface area contributed by atoms with Gasteiger partial charge in [0.05, 0.1) is 29.4 Å². The number of hydrogen-bond acceptors (Lipinski definition) is 10. The van der Waals surface area contributed by atoms with Crippen molar-refractivity contribution in [2.75, 3.05) is 18.7 Å². The van der Waals surface area contributed by atoms with Crippen molar-refractivity contribution in [3.05, 3.63) is 138 Å². The number of carbonyl (C=O) groups is 2. The molecule has 2 atom stereocenters. The van der Waals surface area contributed by atoms with E-state index >= 15 is 4.57 Å². The second-order valence-corrected chi connectivity index (χ2v) is 17.2. The predicted molar refractivity (Wildman–Crippen MR) is 221 cm³/mol. The van der Waals surface area contributed by atoms with Crippen LogP contribution in [0.1, 0.15) is 50.1 Å². The summed E-state index contributed by atoms with van der Waals surface area (Å²) in [4.78, 5) is 32.5. The average molecular weight is 799 g/mol. The van der Waals surface area contributed by atoms with Crippen molar-refractivity contribution < 1.29 is 33.1 Å². The van der Waals surface area contributed by atoms with E-state index in [4.69, 9.17) is 24.7 Å². The summed E-state index contributed by atoms with van der Waals surface area (Å²) >= 11 is 1.36. The fourth-order valence-electron chi connectivity index (χ4n) is 5.90. The van der Waals surface area contributed by atoms with Gasteiger partial charge in [-0.25, -0.2) is 15.2 Å². The third kappa shape index (κ3) is 13.4. The van der Waals surface area contributed by atoms with E-state index in [1.54, 1.807) is 27.7 Å². The maximum Gasteiger partial charge on any atom is 0.324 e. The van der Waals surface area contributed by atoms with Crippen LogP contribution in [0.4, 0.5) is 5.13 Å². The lowest BCUT2D eigenvalue weighted by Gasteiger charge is -2.29. The zero-order chi connectivity index (χ0) is 39.9. The van der Waals surface area contributed by atoms with Crippen molar-refractivity contribution in [3.63, 3.8) is 0 Å². The lowest BCUT2D eigenvalue weighted by atomic mass is 10.1. The van der Waals surface area contributed by atoms with E-state index in [9.17, 15) is 9.59 Å². The molecule has 0 radical (unpaired) electrons. The molecule has 0 bridgehead atoms. The molecular weight excluding hydrogens is 748 g/mol. The highest BCUT2D eigenvalue weighted by atomic mass is 32.1. The lowest BCUT2D eigenvalue weighted by Crippen LogP contribution is -2.47. The summed E-state index contributed by atoms with van der Waals surface area (Å²) in [6, 6.07) is 34.4. The second kappa shape index (κ2) is 20.9. The van der Waals surface area contributed by atoms with Crippen LogP contribution >= 0.6 is 18.8 Å². The van der Waals surface area contributed by atoms with Crippen LogP contribution in [0.5, 0.6) is 5.75 Å². The summed E-state index contributed by atoms with van der Waals surface area (Å²) in [5, 5.41) is 6.54. The van der Waals surface area contributed by atoms with Crippen LogP contribution in [0.2, 0.25) is 0 Å². The molecule has 0 aliphatic carbocycles. The molecule has 296 valence electrons. The molecule has 0 spiro atoms. The van der Waals surface area contributed by atoms with Crippen LogP contribution in [0.3, 0.4) is 0 Å². The van der Waals surface area contributed by atoms with E-state index < -0.39 is 43.7 Å². The van der Waals surface area contributed by atoms with E-state index in [2.05, 4.69) is 15.2 Å². The van der Waals surface area contributed by atoms with Gasteiger partial charge >= 0.3 is 11.9 Å². The first-order valence-electron chi connectivity index (χ1n) is 18.7. The molecule has 0 aliphatic rings. The van der Waals surface area contributed by atoms with E-state index in [0.717, 1.165) is 27.1 Å². The maximum absolute atomic E-state index is 15.1. The number of aromatic nitrogens is 1. The van der Waals surface area contributed by atoms with Crippen molar-refractivity contribution in [1.29, 1.82) is 0 Å². The average Bonchev–Trinajstić information content (AvgIpc) is 3.56. The summed E-state index contributed by atoms with van der Waals surface area (Å²) in [7, 11) is -3.91. The van der Waals surface area contributed by atoms with Gasteiger partial charge < -0.3 is 24.7 Å². The number of nitrogen functional groups attached to an aromatic ring is 1. The fraction of sp³-hybridized carbons (Fsp3) is 0.326. The van der Waals surface area contributed by atoms with Crippen molar-refractivity contribution in [2.24, 2.45) is 0 Å². The maximum atomic E-state index is 15.1. The molecule has 0 fully saturated rings. The summed E-state index contributed by atoms with van der Waals surface area (Å²) in [5.41, 5.74) is 10.6. The molecule has 5 rings (SSSR count). The van der Waals surface area contributed by atoms with Crippen LogP contribution in [0, 0.1) is 0 Å². The Kier molecular flexibility index (Phi) is 15.8. The first-order valence-corrected chi connectivity index (χ1v) is 21.4. The highest BCUT2D eigenvalue weighted by molar-refractivity contribution is 7.59. The van der Waals surface area contributed by atoms with Crippen molar-refractivity contribution in [3.8, 4) is 16.2 Å². The summed E-state index contributed by atoms with van der Waals surface area (Å²) < 4.78 is 38.5. The number of esters is 2. The van der Waals surface area contributed by atoms with Crippen molar-refractivity contribution >= 4 is 35.9 Å². The Morgan fingerprint density at radius 2 is 1.25 bits per heavy atom. The van der Waals surface area contributed by atoms with Crippen LogP contribution in [0.25, 0.3) is 10.4 Å².